The summed E-state index contributed by atoms with van der Waals surface area (Å²) in [5, 5.41) is 5.59. The molecule has 29 heavy (non-hydrogen) atoms. The highest BCUT2D eigenvalue weighted by molar-refractivity contribution is 6.32. The van der Waals surface area contributed by atoms with Gasteiger partial charge in [-0.1, -0.05) is 18.5 Å². The number of carbonyl (C=O) groups excluding carboxylic acids is 3. The zero-order chi connectivity index (χ0) is 21.4. The Bertz CT molecular complexity index is 900. The standard InChI is InChI=1S/C20H22ClN3O5/c1-3-8-23-19(26)12-4-6-14(7-5-12)24-20(27)13-9-15(21)18(16(10-13)28-2)29-11-17(22)25/h4-7,9-10H,3,8,11H2,1-2H3,(H2,22,25)(H,23,26)(H,24,27). The van der Waals surface area contributed by atoms with E-state index in [4.69, 9.17) is 26.8 Å². The molecule has 4 N–H and O–H groups in total. The van der Waals surface area contributed by atoms with E-state index in [1.165, 1.54) is 19.2 Å². The van der Waals surface area contributed by atoms with Crippen molar-refractivity contribution in [2.45, 2.75) is 13.3 Å². The monoisotopic (exact) mass is 419 g/mol. The molecule has 0 spiro atoms. The van der Waals surface area contributed by atoms with Gasteiger partial charge in [-0.05, 0) is 42.8 Å². The number of benzene rings is 2. The lowest BCUT2D eigenvalue weighted by atomic mass is 10.1. The van der Waals surface area contributed by atoms with Crippen LogP contribution in [0.1, 0.15) is 34.1 Å². The predicted octanol–water partition coefficient (Wildman–Crippen LogP) is 2.60. The number of rotatable bonds is 9. The number of halogens is 1. The fourth-order valence-corrected chi connectivity index (χ4v) is 2.65. The molecule has 9 heteroatoms. The summed E-state index contributed by atoms with van der Waals surface area (Å²) in [6.07, 6.45) is 0.845. The average molecular weight is 420 g/mol. The number of nitrogens with two attached hydrogens (primary N) is 1. The van der Waals surface area contributed by atoms with Crippen molar-refractivity contribution < 1.29 is 23.9 Å². The highest BCUT2D eigenvalue weighted by Crippen LogP contribution is 2.36. The summed E-state index contributed by atoms with van der Waals surface area (Å²) in [6.45, 7) is 2.19. The number of anilines is 1. The normalized spacial score (nSPS) is 10.2. The van der Waals surface area contributed by atoms with Gasteiger partial charge in [-0.25, -0.2) is 0 Å². The number of amides is 3. The number of nitrogens with one attached hydrogen (secondary N) is 2. The number of primary amides is 1. The highest BCUT2D eigenvalue weighted by Gasteiger charge is 2.17. The van der Waals surface area contributed by atoms with Gasteiger partial charge in [0.15, 0.2) is 18.1 Å². The van der Waals surface area contributed by atoms with Crippen LogP contribution in [0.2, 0.25) is 5.02 Å². The topological polar surface area (TPSA) is 120 Å². The summed E-state index contributed by atoms with van der Waals surface area (Å²) in [6, 6.07) is 9.32. The van der Waals surface area contributed by atoms with Gasteiger partial charge >= 0.3 is 0 Å². The van der Waals surface area contributed by atoms with Crippen LogP contribution < -0.4 is 25.8 Å². The van der Waals surface area contributed by atoms with Gasteiger partial charge in [0.2, 0.25) is 0 Å². The molecule has 0 radical (unpaired) electrons. The lowest BCUT2D eigenvalue weighted by Gasteiger charge is -2.13. The molecule has 0 atom stereocenters. The van der Waals surface area contributed by atoms with Gasteiger partial charge < -0.3 is 25.8 Å². The maximum absolute atomic E-state index is 12.6. The Morgan fingerprint density at radius 1 is 1.07 bits per heavy atom. The molecule has 0 heterocycles. The van der Waals surface area contributed by atoms with E-state index in [9.17, 15) is 14.4 Å². The van der Waals surface area contributed by atoms with Crippen LogP contribution in [0.5, 0.6) is 11.5 Å². The maximum Gasteiger partial charge on any atom is 0.255 e. The minimum atomic E-state index is -0.670. The van der Waals surface area contributed by atoms with E-state index in [0.29, 0.717) is 17.8 Å². The van der Waals surface area contributed by atoms with Gasteiger partial charge in [0.25, 0.3) is 17.7 Å². The fraction of sp³-hybridized carbons (Fsp3) is 0.250. The summed E-state index contributed by atoms with van der Waals surface area (Å²) in [5.74, 6) is -0.974. The molecule has 0 saturated heterocycles. The van der Waals surface area contributed by atoms with E-state index < -0.39 is 11.8 Å². The molecule has 0 aliphatic heterocycles. The smallest absolute Gasteiger partial charge is 0.255 e. The SMILES string of the molecule is CCCNC(=O)c1ccc(NC(=O)c2cc(Cl)c(OCC(N)=O)c(OC)c2)cc1. The molecule has 2 aromatic rings. The third-order valence-electron chi connectivity index (χ3n) is 3.79. The molecule has 0 fully saturated rings. The second kappa shape index (κ2) is 10.3. The van der Waals surface area contributed by atoms with Gasteiger partial charge in [0.1, 0.15) is 0 Å². The Morgan fingerprint density at radius 3 is 2.34 bits per heavy atom. The Labute approximate surface area is 173 Å². The summed E-state index contributed by atoms with van der Waals surface area (Å²) in [4.78, 5) is 35.4. The van der Waals surface area contributed by atoms with Crippen LogP contribution in [-0.2, 0) is 4.79 Å². The lowest BCUT2D eigenvalue weighted by molar-refractivity contribution is -0.119. The maximum atomic E-state index is 12.6. The van der Waals surface area contributed by atoms with E-state index in [1.54, 1.807) is 24.3 Å². The first-order valence-electron chi connectivity index (χ1n) is 8.84. The average Bonchev–Trinajstić information content (AvgIpc) is 2.70. The van der Waals surface area contributed by atoms with Crippen molar-refractivity contribution >= 4 is 35.0 Å². The number of methoxy groups -OCH3 is 1. The third-order valence-corrected chi connectivity index (χ3v) is 4.07. The summed E-state index contributed by atoms with van der Waals surface area (Å²) >= 11 is 6.16. The molecule has 154 valence electrons. The fourth-order valence-electron chi connectivity index (χ4n) is 2.38. The molecular formula is C20H22ClN3O5. The molecule has 0 unspecified atom stereocenters. The van der Waals surface area contributed by atoms with Gasteiger partial charge in [-0.2, -0.15) is 0 Å². The van der Waals surface area contributed by atoms with Crippen molar-refractivity contribution in [3.63, 3.8) is 0 Å². The first kappa shape index (κ1) is 22.0. The summed E-state index contributed by atoms with van der Waals surface area (Å²) in [7, 11) is 1.38. The summed E-state index contributed by atoms with van der Waals surface area (Å²) in [5.41, 5.74) is 6.29. The van der Waals surface area contributed by atoms with Gasteiger partial charge in [-0.3, -0.25) is 14.4 Å². The minimum absolute atomic E-state index is 0.0960. The van der Waals surface area contributed by atoms with E-state index in [1.807, 2.05) is 6.92 Å². The lowest BCUT2D eigenvalue weighted by Crippen LogP contribution is -2.23. The quantitative estimate of drug-likeness (QED) is 0.577. The first-order valence-corrected chi connectivity index (χ1v) is 9.21. The number of hydrogen-bond acceptors (Lipinski definition) is 5. The Morgan fingerprint density at radius 2 is 1.76 bits per heavy atom. The predicted molar refractivity (Wildman–Crippen MR) is 110 cm³/mol. The van der Waals surface area contributed by atoms with Crippen LogP contribution in [0.25, 0.3) is 0 Å². The van der Waals surface area contributed by atoms with Crippen molar-refractivity contribution in [3.05, 3.63) is 52.5 Å². The number of ether oxygens (including phenoxy) is 2. The van der Waals surface area contributed by atoms with Gasteiger partial charge in [-0.15, -0.1) is 0 Å². The molecule has 0 aliphatic rings. The molecule has 0 saturated carbocycles. The highest BCUT2D eigenvalue weighted by atomic mass is 35.5. The molecule has 3 amide bonds. The van der Waals surface area contributed by atoms with E-state index in [0.717, 1.165) is 6.42 Å². The molecule has 0 aromatic heterocycles. The second-order valence-electron chi connectivity index (χ2n) is 6.03. The van der Waals surface area contributed by atoms with Gasteiger partial charge in [0, 0.05) is 23.4 Å². The largest absolute Gasteiger partial charge is 0.493 e. The number of carbonyl (C=O) groups is 3. The van der Waals surface area contributed by atoms with Crippen LogP contribution in [0.3, 0.4) is 0 Å². The van der Waals surface area contributed by atoms with E-state index in [-0.39, 0.29) is 34.6 Å². The molecule has 8 nitrogen and oxygen atoms in total. The van der Waals surface area contributed by atoms with Crippen LogP contribution in [0, 0.1) is 0 Å². The molecular weight excluding hydrogens is 398 g/mol. The molecule has 0 bridgehead atoms. The van der Waals surface area contributed by atoms with Crippen molar-refractivity contribution in [1.82, 2.24) is 5.32 Å². The Balaban J connectivity index is 2.13. The summed E-state index contributed by atoms with van der Waals surface area (Å²) < 4.78 is 10.4. The van der Waals surface area contributed by atoms with Gasteiger partial charge in [0.05, 0.1) is 12.1 Å². The Hall–Kier alpha value is -3.26. The second-order valence-corrected chi connectivity index (χ2v) is 6.44. The number of hydrogen-bond donors (Lipinski definition) is 3. The third kappa shape index (κ3) is 6.11. The van der Waals surface area contributed by atoms with Crippen molar-refractivity contribution in [3.8, 4) is 11.5 Å². The van der Waals surface area contributed by atoms with Crippen molar-refractivity contribution in [1.29, 1.82) is 0 Å². The van der Waals surface area contributed by atoms with Crippen LogP contribution >= 0.6 is 11.6 Å². The van der Waals surface area contributed by atoms with Crippen LogP contribution in [0.4, 0.5) is 5.69 Å². The molecule has 0 aliphatic carbocycles. The van der Waals surface area contributed by atoms with E-state index >= 15 is 0 Å². The van der Waals surface area contributed by atoms with Crippen molar-refractivity contribution in [2.24, 2.45) is 5.73 Å². The minimum Gasteiger partial charge on any atom is -0.493 e. The van der Waals surface area contributed by atoms with Crippen LogP contribution in [-0.4, -0.2) is 38.0 Å². The zero-order valence-electron chi connectivity index (χ0n) is 16.1. The van der Waals surface area contributed by atoms with Crippen molar-refractivity contribution in [2.75, 3.05) is 25.6 Å². The zero-order valence-corrected chi connectivity index (χ0v) is 16.8. The van der Waals surface area contributed by atoms with E-state index in [2.05, 4.69) is 10.6 Å². The first-order chi connectivity index (χ1) is 13.8. The Kier molecular flexibility index (Phi) is 7.85. The molecule has 2 rings (SSSR count). The van der Waals surface area contributed by atoms with Crippen LogP contribution in [0.15, 0.2) is 36.4 Å². The molecule has 2 aromatic carbocycles.